The molecule has 2 aliphatic rings. The molecule has 0 aliphatic carbocycles. The number of aliphatic hydroxyl groups excluding tert-OH is 1. The van der Waals surface area contributed by atoms with Gasteiger partial charge in [0, 0.05) is 50.4 Å². The minimum Gasteiger partial charge on any atom is -0.384 e. The van der Waals surface area contributed by atoms with Gasteiger partial charge in [0.1, 0.15) is 6.10 Å². The lowest BCUT2D eigenvalue weighted by molar-refractivity contribution is -0.140. The average molecular weight is 509 g/mol. The SMILES string of the molecule is CNC(=O)Nc1ccc(-c2nc(N3CCOCC3)nc3[nH]nc(C4CCN(C(=O)[C@H](C)O)CC4)c23)cc1. The third-order valence-corrected chi connectivity index (χ3v) is 6.92. The number of amides is 3. The Morgan fingerprint density at radius 1 is 1.11 bits per heavy atom. The fraction of sp³-hybridized carbons (Fsp3) is 0.480. The zero-order chi connectivity index (χ0) is 25.9. The van der Waals surface area contributed by atoms with Crippen molar-refractivity contribution >= 4 is 34.6 Å². The summed E-state index contributed by atoms with van der Waals surface area (Å²) in [5.41, 5.74) is 3.87. The maximum Gasteiger partial charge on any atom is 0.318 e. The standard InChI is InChI=1S/C25H32N8O4/c1-15(34)23(35)32-9-7-17(8-10-32)21-19-20(16-3-5-18(6-4-16)27-25(36)26-2)28-24(29-22(19)31-30-21)33-11-13-37-14-12-33/h3-6,15,17,34H,7-14H2,1-2H3,(H2,26,27,36)(H,28,29,30,31)/t15-/m0/s1. The molecule has 0 unspecified atom stereocenters. The average Bonchev–Trinajstić information content (AvgIpc) is 3.37. The number of carbonyl (C=O) groups excluding carboxylic acids is 2. The summed E-state index contributed by atoms with van der Waals surface area (Å²) < 4.78 is 5.50. The Hall–Kier alpha value is -3.77. The number of likely N-dealkylation sites (tertiary alicyclic amines) is 1. The second-order valence-electron chi connectivity index (χ2n) is 9.36. The first-order chi connectivity index (χ1) is 17.9. The molecule has 4 N–H and O–H groups in total. The molecule has 2 saturated heterocycles. The minimum atomic E-state index is -0.998. The van der Waals surface area contributed by atoms with Gasteiger partial charge >= 0.3 is 6.03 Å². The van der Waals surface area contributed by atoms with Crippen LogP contribution in [0.1, 0.15) is 31.4 Å². The quantitative estimate of drug-likeness (QED) is 0.407. The van der Waals surface area contributed by atoms with E-state index in [-0.39, 0.29) is 17.9 Å². The van der Waals surface area contributed by atoms with Gasteiger partial charge in [0.15, 0.2) is 5.65 Å². The van der Waals surface area contributed by atoms with Crippen LogP contribution in [-0.4, -0.2) is 94.7 Å². The molecule has 12 heteroatoms. The van der Waals surface area contributed by atoms with Crippen molar-refractivity contribution in [3.8, 4) is 11.3 Å². The monoisotopic (exact) mass is 508 g/mol. The van der Waals surface area contributed by atoms with Crippen LogP contribution in [-0.2, 0) is 9.53 Å². The number of hydrogen-bond acceptors (Lipinski definition) is 8. The molecule has 1 atom stereocenters. The highest BCUT2D eigenvalue weighted by Gasteiger charge is 2.30. The second-order valence-corrected chi connectivity index (χ2v) is 9.36. The van der Waals surface area contributed by atoms with E-state index >= 15 is 0 Å². The van der Waals surface area contributed by atoms with Gasteiger partial charge in [0.25, 0.3) is 5.91 Å². The fourth-order valence-electron chi connectivity index (χ4n) is 4.89. The van der Waals surface area contributed by atoms with E-state index in [1.807, 2.05) is 24.3 Å². The van der Waals surface area contributed by atoms with Crippen LogP contribution in [0.5, 0.6) is 0 Å². The van der Waals surface area contributed by atoms with Gasteiger partial charge in [0.2, 0.25) is 5.95 Å². The number of aromatic amines is 1. The number of piperidine rings is 1. The van der Waals surface area contributed by atoms with Gasteiger partial charge in [0.05, 0.1) is 30.0 Å². The van der Waals surface area contributed by atoms with Crippen LogP contribution in [0.15, 0.2) is 24.3 Å². The molecule has 12 nitrogen and oxygen atoms in total. The van der Waals surface area contributed by atoms with Crippen molar-refractivity contribution in [2.45, 2.75) is 31.8 Å². The number of aliphatic hydroxyl groups is 1. The molecule has 196 valence electrons. The zero-order valence-electron chi connectivity index (χ0n) is 21.0. The van der Waals surface area contributed by atoms with E-state index in [2.05, 4.69) is 25.7 Å². The molecule has 37 heavy (non-hydrogen) atoms. The van der Waals surface area contributed by atoms with Crippen molar-refractivity contribution in [1.29, 1.82) is 0 Å². The van der Waals surface area contributed by atoms with Gasteiger partial charge in [-0.2, -0.15) is 10.1 Å². The van der Waals surface area contributed by atoms with Crippen LogP contribution in [0.2, 0.25) is 0 Å². The summed E-state index contributed by atoms with van der Waals surface area (Å²) in [6.07, 6.45) is 0.470. The van der Waals surface area contributed by atoms with Gasteiger partial charge in [-0.3, -0.25) is 9.89 Å². The lowest BCUT2D eigenvalue weighted by atomic mass is 9.90. The van der Waals surface area contributed by atoms with Crippen molar-refractivity contribution < 1.29 is 19.4 Å². The summed E-state index contributed by atoms with van der Waals surface area (Å²) in [7, 11) is 1.57. The highest BCUT2D eigenvalue weighted by molar-refractivity contribution is 5.94. The summed E-state index contributed by atoms with van der Waals surface area (Å²) in [6.45, 7) is 5.27. The Kier molecular flexibility index (Phi) is 7.19. The number of H-pyrrole nitrogens is 1. The first-order valence-corrected chi connectivity index (χ1v) is 12.6. The Balaban J connectivity index is 1.51. The van der Waals surface area contributed by atoms with E-state index in [1.165, 1.54) is 6.92 Å². The molecule has 5 rings (SSSR count). The Bertz CT molecular complexity index is 1260. The number of nitrogens with zero attached hydrogens (tertiary/aromatic N) is 5. The van der Waals surface area contributed by atoms with Gasteiger partial charge in [-0.15, -0.1) is 0 Å². The van der Waals surface area contributed by atoms with Gasteiger partial charge in [-0.1, -0.05) is 12.1 Å². The van der Waals surface area contributed by atoms with Gasteiger partial charge < -0.3 is 30.3 Å². The fourth-order valence-corrected chi connectivity index (χ4v) is 4.89. The number of benzene rings is 1. The molecule has 2 fully saturated rings. The first kappa shape index (κ1) is 24.9. The number of carbonyl (C=O) groups is 2. The lowest BCUT2D eigenvalue weighted by Gasteiger charge is -2.32. The topological polar surface area (TPSA) is 149 Å². The smallest absolute Gasteiger partial charge is 0.318 e. The Morgan fingerprint density at radius 2 is 1.81 bits per heavy atom. The van der Waals surface area contributed by atoms with E-state index in [4.69, 9.17) is 14.7 Å². The highest BCUT2D eigenvalue weighted by atomic mass is 16.5. The maximum atomic E-state index is 12.2. The molecule has 0 spiro atoms. The Labute approximate surface area is 214 Å². The number of hydrogen-bond donors (Lipinski definition) is 4. The Morgan fingerprint density at radius 3 is 2.46 bits per heavy atom. The minimum absolute atomic E-state index is 0.123. The first-order valence-electron chi connectivity index (χ1n) is 12.6. The van der Waals surface area contributed by atoms with E-state index < -0.39 is 6.10 Å². The van der Waals surface area contributed by atoms with Gasteiger partial charge in [-0.25, -0.2) is 9.78 Å². The lowest BCUT2D eigenvalue weighted by Crippen LogP contribution is -2.42. The number of aromatic nitrogens is 4. The van der Waals surface area contributed by atoms with Crippen LogP contribution in [0.25, 0.3) is 22.3 Å². The largest absolute Gasteiger partial charge is 0.384 e. The van der Waals surface area contributed by atoms with E-state index in [9.17, 15) is 14.7 Å². The number of morpholine rings is 1. The van der Waals surface area contributed by atoms with Crippen molar-refractivity contribution in [3.63, 3.8) is 0 Å². The van der Waals surface area contributed by atoms with Crippen LogP contribution in [0.4, 0.5) is 16.4 Å². The number of urea groups is 1. The predicted molar refractivity (Wildman–Crippen MR) is 138 cm³/mol. The summed E-state index contributed by atoms with van der Waals surface area (Å²) in [5.74, 6) is 0.499. The van der Waals surface area contributed by atoms with Gasteiger partial charge in [-0.05, 0) is 31.9 Å². The summed E-state index contributed by atoms with van der Waals surface area (Å²) in [4.78, 5) is 37.6. The number of anilines is 2. The predicted octanol–water partition coefficient (Wildman–Crippen LogP) is 1.69. The third-order valence-electron chi connectivity index (χ3n) is 6.92. The van der Waals surface area contributed by atoms with Crippen LogP contribution >= 0.6 is 0 Å². The van der Waals surface area contributed by atoms with E-state index in [0.29, 0.717) is 56.7 Å². The molecule has 3 aromatic rings. The molecule has 4 heterocycles. The number of fused-ring (bicyclic) bond motifs is 1. The second kappa shape index (κ2) is 10.7. The number of rotatable bonds is 5. The van der Waals surface area contributed by atoms with Crippen LogP contribution < -0.4 is 15.5 Å². The van der Waals surface area contributed by atoms with Crippen molar-refractivity contribution in [2.75, 3.05) is 56.7 Å². The van der Waals surface area contributed by atoms with Crippen molar-refractivity contribution in [3.05, 3.63) is 30.0 Å². The molecule has 2 aliphatic heterocycles. The van der Waals surface area contributed by atoms with Crippen molar-refractivity contribution in [1.82, 2.24) is 30.4 Å². The molecule has 0 bridgehead atoms. The zero-order valence-corrected chi connectivity index (χ0v) is 21.0. The normalized spacial score (nSPS) is 17.6. The third kappa shape index (κ3) is 5.20. The van der Waals surface area contributed by atoms with Crippen molar-refractivity contribution in [2.24, 2.45) is 0 Å². The number of ether oxygens (including phenoxy) is 1. The molecular weight excluding hydrogens is 476 g/mol. The maximum absolute atomic E-state index is 12.2. The van der Waals surface area contributed by atoms with E-state index in [0.717, 1.165) is 35.2 Å². The number of nitrogens with one attached hydrogen (secondary N) is 3. The summed E-state index contributed by atoms with van der Waals surface area (Å²) in [6, 6.07) is 7.25. The molecule has 0 saturated carbocycles. The molecule has 2 aromatic heterocycles. The molecular formula is C25H32N8O4. The molecule has 3 amide bonds. The van der Waals surface area contributed by atoms with E-state index in [1.54, 1.807) is 11.9 Å². The molecule has 0 radical (unpaired) electrons. The highest BCUT2D eigenvalue weighted by Crippen LogP contribution is 2.37. The van der Waals surface area contributed by atoms with Crippen LogP contribution in [0, 0.1) is 0 Å². The summed E-state index contributed by atoms with van der Waals surface area (Å²) >= 11 is 0. The summed E-state index contributed by atoms with van der Waals surface area (Å²) in [5, 5.41) is 23.7. The molecule has 1 aromatic carbocycles. The van der Waals surface area contributed by atoms with Crippen LogP contribution in [0.3, 0.4) is 0 Å².